The topological polar surface area (TPSA) is 64.1 Å². The van der Waals surface area contributed by atoms with Crippen molar-refractivity contribution in [1.82, 2.24) is 4.98 Å². The van der Waals surface area contributed by atoms with Gasteiger partial charge in [-0.3, -0.25) is 0 Å². The third kappa shape index (κ3) is 3.61. The normalized spacial score (nSPS) is 26.6. The van der Waals surface area contributed by atoms with Gasteiger partial charge in [0.1, 0.15) is 6.10 Å². The number of hydrogen-bond acceptors (Lipinski definition) is 6. The Morgan fingerprint density at radius 1 is 0.929 bits per heavy atom. The number of aliphatic hydroxyl groups excluding tert-OH is 1. The summed E-state index contributed by atoms with van der Waals surface area (Å²) in [7, 11) is 3.31. The van der Waals surface area contributed by atoms with E-state index in [9.17, 15) is 5.11 Å². The van der Waals surface area contributed by atoms with Gasteiger partial charge >= 0.3 is 0 Å². The number of rotatable bonds is 5. The molecule has 28 heavy (non-hydrogen) atoms. The zero-order valence-corrected chi connectivity index (χ0v) is 16.7. The summed E-state index contributed by atoms with van der Waals surface area (Å²) in [5.41, 5.74) is 0.975. The first-order valence-electron chi connectivity index (χ1n) is 9.83. The number of ether oxygens (including phenoxy) is 3. The summed E-state index contributed by atoms with van der Waals surface area (Å²) < 4.78 is 17.1. The van der Waals surface area contributed by atoms with E-state index in [1.807, 2.05) is 43.3 Å². The number of hydrogen-bond donors (Lipinski definition) is 1. The minimum atomic E-state index is -0.488. The lowest BCUT2D eigenvalue weighted by Crippen LogP contribution is -2.42. The van der Waals surface area contributed by atoms with Crippen LogP contribution >= 0.6 is 0 Å². The van der Waals surface area contributed by atoms with E-state index in [2.05, 4.69) is 4.90 Å². The fraction of sp³-hybridized carbons (Fsp3) is 0.500. The highest BCUT2D eigenvalue weighted by Gasteiger charge is 2.43. The van der Waals surface area contributed by atoms with Crippen molar-refractivity contribution >= 4 is 5.82 Å². The smallest absolute Gasteiger partial charge is 0.171 e. The first kappa shape index (κ1) is 18.9. The van der Waals surface area contributed by atoms with Gasteiger partial charge < -0.3 is 24.2 Å². The Balaban J connectivity index is 1.49. The molecule has 1 saturated carbocycles. The molecule has 0 unspecified atom stereocenters. The number of anilines is 1. The highest BCUT2D eigenvalue weighted by atomic mass is 16.5. The number of methoxy groups -OCH3 is 2. The van der Waals surface area contributed by atoms with Gasteiger partial charge in [-0.25, -0.2) is 4.98 Å². The zero-order chi connectivity index (χ0) is 19.7. The van der Waals surface area contributed by atoms with E-state index in [1.165, 1.54) is 0 Å². The number of aryl methyl sites for hydroxylation is 1. The Labute approximate surface area is 166 Å². The summed E-state index contributed by atoms with van der Waals surface area (Å²) >= 11 is 0. The van der Waals surface area contributed by atoms with Crippen LogP contribution in [0, 0.1) is 18.8 Å². The standard InChI is InChI=1S/C22H28N2O4/c1-14-8-9-20(27-3)22(23-14)24-12-15-10-17(25)21(11-16(15)13-24)28-19-7-5-4-6-18(19)26-2/h4-9,15-17,21,25H,10-13H2,1-3H3/t15-,16+,17+,21+/m0/s1. The van der Waals surface area contributed by atoms with Crippen LogP contribution < -0.4 is 19.1 Å². The summed E-state index contributed by atoms with van der Waals surface area (Å²) in [5, 5.41) is 10.7. The van der Waals surface area contributed by atoms with Gasteiger partial charge in [0.2, 0.25) is 0 Å². The third-order valence-corrected chi connectivity index (χ3v) is 5.93. The van der Waals surface area contributed by atoms with Gasteiger partial charge in [0.15, 0.2) is 23.1 Å². The number of para-hydroxylation sites is 2. The van der Waals surface area contributed by atoms with Crippen molar-refractivity contribution in [1.29, 1.82) is 0 Å². The van der Waals surface area contributed by atoms with Gasteiger partial charge in [-0.2, -0.15) is 0 Å². The number of fused-ring (bicyclic) bond motifs is 1. The highest BCUT2D eigenvalue weighted by molar-refractivity contribution is 5.54. The van der Waals surface area contributed by atoms with E-state index < -0.39 is 6.10 Å². The van der Waals surface area contributed by atoms with Crippen molar-refractivity contribution in [2.45, 2.75) is 32.0 Å². The van der Waals surface area contributed by atoms with E-state index in [1.54, 1.807) is 14.2 Å². The first-order valence-corrected chi connectivity index (χ1v) is 9.83. The van der Waals surface area contributed by atoms with Crippen LogP contribution in [0.4, 0.5) is 5.82 Å². The van der Waals surface area contributed by atoms with Crippen LogP contribution in [0.3, 0.4) is 0 Å². The lowest BCUT2D eigenvalue weighted by molar-refractivity contribution is -0.0240. The van der Waals surface area contributed by atoms with Crippen molar-refractivity contribution in [3.8, 4) is 17.2 Å². The molecule has 1 aliphatic carbocycles. The van der Waals surface area contributed by atoms with Gasteiger partial charge in [-0.05, 0) is 55.9 Å². The molecule has 1 aliphatic heterocycles. The van der Waals surface area contributed by atoms with Gasteiger partial charge in [0.25, 0.3) is 0 Å². The summed E-state index contributed by atoms with van der Waals surface area (Å²) in [6, 6.07) is 11.5. The monoisotopic (exact) mass is 384 g/mol. The van der Waals surface area contributed by atoms with Crippen LogP contribution in [0.2, 0.25) is 0 Å². The van der Waals surface area contributed by atoms with E-state index >= 15 is 0 Å². The fourth-order valence-corrected chi connectivity index (χ4v) is 4.49. The molecule has 4 atom stereocenters. The van der Waals surface area contributed by atoms with E-state index in [0.29, 0.717) is 23.3 Å². The van der Waals surface area contributed by atoms with Gasteiger partial charge in [-0.1, -0.05) is 12.1 Å². The maximum atomic E-state index is 10.7. The lowest BCUT2D eigenvalue weighted by Gasteiger charge is -2.35. The average Bonchev–Trinajstić information content (AvgIpc) is 3.11. The van der Waals surface area contributed by atoms with E-state index in [4.69, 9.17) is 19.2 Å². The fourth-order valence-electron chi connectivity index (χ4n) is 4.49. The average molecular weight is 384 g/mol. The Morgan fingerprint density at radius 3 is 2.32 bits per heavy atom. The quantitative estimate of drug-likeness (QED) is 0.855. The second-order valence-electron chi connectivity index (χ2n) is 7.75. The molecule has 2 fully saturated rings. The lowest BCUT2D eigenvalue weighted by atomic mass is 9.78. The number of pyridine rings is 1. The molecule has 1 aromatic carbocycles. The Morgan fingerprint density at radius 2 is 1.61 bits per heavy atom. The van der Waals surface area contributed by atoms with E-state index in [-0.39, 0.29) is 6.10 Å². The zero-order valence-electron chi connectivity index (χ0n) is 16.7. The van der Waals surface area contributed by atoms with Crippen LogP contribution in [0.1, 0.15) is 18.5 Å². The van der Waals surface area contributed by atoms with Crippen molar-refractivity contribution in [2.24, 2.45) is 11.8 Å². The predicted octanol–water partition coefficient (Wildman–Crippen LogP) is 3.06. The molecule has 0 bridgehead atoms. The van der Waals surface area contributed by atoms with Crippen LogP contribution in [-0.4, -0.2) is 49.6 Å². The largest absolute Gasteiger partial charge is 0.493 e. The molecule has 2 heterocycles. The highest BCUT2D eigenvalue weighted by Crippen LogP contribution is 2.42. The van der Waals surface area contributed by atoms with Crippen LogP contribution in [0.15, 0.2) is 36.4 Å². The summed E-state index contributed by atoms with van der Waals surface area (Å²) in [4.78, 5) is 6.99. The van der Waals surface area contributed by atoms with Crippen molar-refractivity contribution in [2.75, 3.05) is 32.2 Å². The van der Waals surface area contributed by atoms with Crippen LogP contribution in [0.25, 0.3) is 0 Å². The number of aromatic nitrogens is 1. The molecule has 2 aromatic rings. The third-order valence-electron chi connectivity index (χ3n) is 5.93. The number of benzene rings is 1. The molecule has 4 rings (SSSR count). The molecule has 1 saturated heterocycles. The maximum absolute atomic E-state index is 10.7. The molecule has 0 spiro atoms. The van der Waals surface area contributed by atoms with Crippen LogP contribution in [-0.2, 0) is 0 Å². The summed E-state index contributed by atoms with van der Waals surface area (Å²) in [5.74, 6) is 3.96. The molecule has 0 radical (unpaired) electrons. The van der Waals surface area contributed by atoms with Gasteiger partial charge in [0, 0.05) is 18.8 Å². The second-order valence-corrected chi connectivity index (χ2v) is 7.75. The molecule has 1 aromatic heterocycles. The Hall–Kier alpha value is -2.47. The SMILES string of the molecule is COc1ccccc1O[C@@H]1C[C@@H]2CN(c3nc(C)ccc3OC)C[C@@H]2C[C@H]1O. The first-order chi connectivity index (χ1) is 13.6. The maximum Gasteiger partial charge on any atom is 0.171 e. The molecule has 6 nitrogen and oxygen atoms in total. The summed E-state index contributed by atoms with van der Waals surface area (Å²) in [6.07, 6.45) is 0.826. The molecule has 150 valence electrons. The molecular weight excluding hydrogens is 356 g/mol. The summed E-state index contributed by atoms with van der Waals surface area (Å²) in [6.45, 7) is 3.78. The van der Waals surface area contributed by atoms with E-state index in [0.717, 1.165) is 43.2 Å². The van der Waals surface area contributed by atoms with Gasteiger partial charge in [0.05, 0.1) is 20.3 Å². The Kier molecular flexibility index (Phi) is 5.31. The van der Waals surface area contributed by atoms with Gasteiger partial charge in [-0.15, -0.1) is 0 Å². The van der Waals surface area contributed by atoms with Crippen molar-refractivity contribution in [3.05, 3.63) is 42.1 Å². The number of aliphatic hydroxyl groups is 1. The van der Waals surface area contributed by atoms with Crippen LogP contribution in [0.5, 0.6) is 17.2 Å². The molecular formula is C22H28N2O4. The molecule has 0 amide bonds. The molecule has 6 heteroatoms. The predicted molar refractivity (Wildman–Crippen MR) is 107 cm³/mol. The van der Waals surface area contributed by atoms with Crippen molar-refractivity contribution < 1.29 is 19.3 Å². The number of nitrogens with zero attached hydrogens (tertiary/aromatic N) is 2. The minimum absolute atomic E-state index is 0.232. The molecule has 2 aliphatic rings. The van der Waals surface area contributed by atoms with Crippen molar-refractivity contribution in [3.63, 3.8) is 0 Å². The molecule has 1 N–H and O–H groups in total. The second kappa shape index (κ2) is 7.87. The Bertz CT molecular complexity index is 828. The minimum Gasteiger partial charge on any atom is -0.493 e.